The Kier molecular flexibility index (Phi) is 3.48. The molecule has 0 radical (unpaired) electrons. The average molecular weight is 284 g/mol. The molecule has 0 spiro atoms. The molecule has 3 rings (SSSR count). The Hall–Kier alpha value is -2.56. The summed E-state index contributed by atoms with van der Waals surface area (Å²) >= 11 is 0. The number of aryl methyl sites for hydroxylation is 1. The molecule has 5 nitrogen and oxygen atoms in total. The summed E-state index contributed by atoms with van der Waals surface area (Å²) in [7, 11) is 0. The molecule has 2 heterocycles. The zero-order valence-corrected chi connectivity index (χ0v) is 11.9. The summed E-state index contributed by atoms with van der Waals surface area (Å²) in [6.07, 6.45) is 2.06. The van der Waals surface area contributed by atoms with Gasteiger partial charge in [-0.05, 0) is 26.0 Å². The third kappa shape index (κ3) is 2.81. The Bertz CT molecular complexity index is 740. The Labute approximate surface area is 121 Å². The Morgan fingerprint density at radius 1 is 1.38 bits per heavy atom. The molecule has 21 heavy (non-hydrogen) atoms. The van der Waals surface area contributed by atoms with Gasteiger partial charge in [0, 0.05) is 17.8 Å². The van der Waals surface area contributed by atoms with Gasteiger partial charge in [0.05, 0.1) is 6.20 Å². The number of aromatic nitrogens is 1. The highest BCUT2D eigenvalue weighted by Crippen LogP contribution is 2.19. The second-order valence-corrected chi connectivity index (χ2v) is 5.12. The summed E-state index contributed by atoms with van der Waals surface area (Å²) in [5.41, 5.74) is 1.33. The van der Waals surface area contributed by atoms with Crippen LogP contribution in [-0.4, -0.2) is 17.1 Å². The topological polar surface area (TPSA) is 68.3 Å². The first kappa shape index (κ1) is 13.4. The fraction of sp³-hybridized carbons (Fsp3) is 0.250. The minimum atomic E-state index is -0.183. The molecular formula is C16H16N2O3. The molecule has 0 bridgehead atoms. The smallest absolute Gasteiger partial charge is 0.256 e. The van der Waals surface area contributed by atoms with Crippen molar-refractivity contribution < 1.29 is 13.7 Å². The van der Waals surface area contributed by atoms with Gasteiger partial charge in [-0.1, -0.05) is 23.4 Å². The van der Waals surface area contributed by atoms with Crippen LogP contribution in [0.3, 0.4) is 0 Å². The van der Waals surface area contributed by atoms with E-state index in [4.69, 9.17) is 8.94 Å². The van der Waals surface area contributed by atoms with Crippen LogP contribution in [-0.2, 0) is 6.42 Å². The van der Waals surface area contributed by atoms with E-state index in [1.54, 1.807) is 6.92 Å². The molecule has 0 aliphatic heterocycles. The third-order valence-electron chi connectivity index (χ3n) is 3.36. The van der Waals surface area contributed by atoms with Crippen molar-refractivity contribution in [3.05, 3.63) is 53.6 Å². The Morgan fingerprint density at radius 3 is 2.90 bits per heavy atom. The van der Waals surface area contributed by atoms with Crippen molar-refractivity contribution in [1.82, 2.24) is 10.5 Å². The largest absolute Gasteiger partial charge is 0.461 e. The van der Waals surface area contributed by atoms with Crippen LogP contribution in [0.25, 0.3) is 11.0 Å². The molecule has 0 saturated carbocycles. The molecule has 108 valence electrons. The quantitative estimate of drug-likeness (QED) is 0.799. The SMILES string of the molecule is Cc1oncc1C(=O)N[C@H](C)Cc1cc2ccccc2o1. The maximum atomic E-state index is 12.1. The van der Waals surface area contributed by atoms with E-state index < -0.39 is 0 Å². The van der Waals surface area contributed by atoms with Crippen LogP contribution in [0.1, 0.15) is 28.8 Å². The lowest BCUT2D eigenvalue weighted by molar-refractivity contribution is 0.0938. The van der Waals surface area contributed by atoms with Crippen molar-refractivity contribution in [3.8, 4) is 0 Å². The summed E-state index contributed by atoms with van der Waals surface area (Å²) < 4.78 is 10.6. The number of carbonyl (C=O) groups excluding carboxylic acids is 1. The number of para-hydroxylation sites is 1. The van der Waals surface area contributed by atoms with Crippen molar-refractivity contribution >= 4 is 16.9 Å². The highest BCUT2D eigenvalue weighted by molar-refractivity contribution is 5.94. The molecule has 1 amide bonds. The van der Waals surface area contributed by atoms with Crippen molar-refractivity contribution in [2.75, 3.05) is 0 Å². The maximum Gasteiger partial charge on any atom is 0.256 e. The van der Waals surface area contributed by atoms with Gasteiger partial charge in [0.1, 0.15) is 22.7 Å². The summed E-state index contributed by atoms with van der Waals surface area (Å²) in [4.78, 5) is 12.1. The zero-order chi connectivity index (χ0) is 14.8. The zero-order valence-electron chi connectivity index (χ0n) is 11.9. The predicted octanol–water partition coefficient (Wildman–Crippen LogP) is 3.09. The van der Waals surface area contributed by atoms with Crippen molar-refractivity contribution in [3.63, 3.8) is 0 Å². The number of carbonyl (C=O) groups is 1. The van der Waals surface area contributed by atoms with Gasteiger partial charge in [-0.2, -0.15) is 0 Å². The number of hydrogen-bond donors (Lipinski definition) is 1. The fourth-order valence-corrected chi connectivity index (χ4v) is 2.31. The number of nitrogens with zero attached hydrogens (tertiary/aromatic N) is 1. The van der Waals surface area contributed by atoms with Crippen LogP contribution < -0.4 is 5.32 Å². The monoisotopic (exact) mass is 284 g/mol. The van der Waals surface area contributed by atoms with Gasteiger partial charge in [0.25, 0.3) is 5.91 Å². The van der Waals surface area contributed by atoms with Crippen LogP contribution >= 0.6 is 0 Å². The molecular weight excluding hydrogens is 268 g/mol. The summed E-state index contributed by atoms with van der Waals surface area (Å²) in [6.45, 7) is 3.65. The van der Waals surface area contributed by atoms with Crippen LogP contribution in [0.5, 0.6) is 0 Å². The van der Waals surface area contributed by atoms with E-state index in [0.29, 0.717) is 17.7 Å². The number of fused-ring (bicyclic) bond motifs is 1. The fourth-order valence-electron chi connectivity index (χ4n) is 2.31. The van der Waals surface area contributed by atoms with Crippen molar-refractivity contribution in [2.45, 2.75) is 26.3 Å². The highest BCUT2D eigenvalue weighted by Gasteiger charge is 2.16. The normalized spacial score (nSPS) is 12.5. The van der Waals surface area contributed by atoms with Gasteiger partial charge in [-0.15, -0.1) is 0 Å². The standard InChI is InChI=1S/C16H16N2O3/c1-10(18-16(19)14-9-17-21-11(14)2)7-13-8-12-5-3-4-6-15(12)20-13/h3-6,8-10H,7H2,1-2H3,(H,18,19)/t10-/m1/s1. The van der Waals surface area contributed by atoms with Crippen LogP contribution in [0.15, 0.2) is 45.5 Å². The van der Waals surface area contributed by atoms with E-state index in [1.165, 1.54) is 6.20 Å². The van der Waals surface area contributed by atoms with E-state index in [9.17, 15) is 4.79 Å². The molecule has 0 aliphatic carbocycles. The summed E-state index contributed by atoms with van der Waals surface area (Å²) in [5, 5.41) is 7.60. The molecule has 0 saturated heterocycles. The highest BCUT2D eigenvalue weighted by atomic mass is 16.5. The molecule has 2 aromatic heterocycles. The molecule has 1 aromatic carbocycles. The Balaban J connectivity index is 1.67. The van der Waals surface area contributed by atoms with Gasteiger partial charge in [0.2, 0.25) is 0 Å². The van der Waals surface area contributed by atoms with E-state index in [-0.39, 0.29) is 11.9 Å². The molecule has 0 aliphatic rings. The van der Waals surface area contributed by atoms with Crippen LogP contribution in [0.2, 0.25) is 0 Å². The average Bonchev–Trinajstić information content (AvgIpc) is 3.03. The van der Waals surface area contributed by atoms with Crippen LogP contribution in [0, 0.1) is 6.92 Å². The number of furan rings is 1. The summed E-state index contributed by atoms with van der Waals surface area (Å²) in [5.74, 6) is 1.19. The van der Waals surface area contributed by atoms with Crippen molar-refractivity contribution in [1.29, 1.82) is 0 Å². The molecule has 0 unspecified atom stereocenters. The first-order valence-corrected chi connectivity index (χ1v) is 6.83. The molecule has 1 atom stereocenters. The summed E-state index contributed by atoms with van der Waals surface area (Å²) in [6, 6.07) is 9.81. The van der Waals surface area contributed by atoms with Gasteiger partial charge < -0.3 is 14.3 Å². The predicted molar refractivity (Wildman–Crippen MR) is 78.1 cm³/mol. The molecule has 1 N–H and O–H groups in total. The lowest BCUT2D eigenvalue weighted by atomic mass is 10.1. The minimum Gasteiger partial charge on any atom is -0.461 e. The number of benzene rings is 1. The van der Waals surface area contributed by atoms with Gasteiger partial charge in [-0.25, -0.2) is 0 Å². The van der Waals surface area contributed by atoms with E-state index in [0.717, 1.165) is 16.7 Å². The Morgan fingerprint density at radius 2 is 2.19 bits per heavy atom. The maximum absolute atomic E-state index is 12.1. The van der Waals surface area contributed by atoms with E-state index in [1.807, 2.05) is 37.3 Å². The van der Waals surface area contributed by atoms with Gasteiger partial charge in [0.15, 0.2) is 0 Å². The molecule has 0 fully saturated rings. The second-order valence-electron chi connectivity index (χ2n) is 5.12. The number of nitrogens with one attached hydrogen (secondary N) is 1. The van der Waals surface area contributed by atoms with E-state index >= 15 is 0 Å². The minimum absolute atomic E-state index is 0.0487. The van der Waals surface area contributed by atoms with E-state index in [2.05, 4.69) is 10.5 Å². The van der Waals surface area contributed by atoms with Crippen molar-refractivity contribution in [2.24, 2.45) is 0 Å². The van der Waals surface area contributed by atoms with Gasteiger partial charge >= 0.3 is 0 Å². The lowest BCUT2D eigenvalue weighted by Gasteiger charge is -2.11. The lowest BCUT2D eigenvalue weighted by Crippen LogP contribution is -2.34. The number of amides is 1. The van der Waals surface area contributed by atoms with Gasteiger partial charge in [-0.3, -0.25) is 4.79 Å². The first-order chi connectivity index (χ1) is 10.1. The molecule has 5 heteroatoms. The second kappa shape index (κ2) is 5.44. The van der Waals surface area contributed by atoms with Crippen LogP contribution in [0.4, 0.5) is 0 Å². The first-order valence-electron chi connectivity index (χ1n) is 6.83. The number of rotatable bonds is 4. The third-order valence-corrected chi connectivity index (χ3v) is 3.36. The number of hydrogen-bond acceptors (Lipinski definition) is 4. The molecule has 3 aromatic rings.